The van der Waals surface area contributed by atoms with Gasteiger partial charge in [0, 0.05) is 45.0 Å². The molecular weight excluding hydrogens is 385 g/mol. The molecule has 6 nitrogen and oxygen atoms in total. The van der Waals surface area contributed by atoms with Crippen LogP contribution in [0.3, 0.4) is 0 Å². The van der Waals surface area contributed by atoms with Crippen LogP contribution in [0, 0.1) is 5.82 Å². The molecule has 1 amide bonds. The number of hydrogen-bond donors (Lipinski definition) is 1. The lowest BCUT2D eigenvalue weighted by molar-refractivity contribution is -0.132. The fraction of sp³-hybridized carbons (Fsp3) is 0.435. The van der Waals surface area contributed by atoms with E-state index in [0.717, 1.165) is 49.7 Å². The maximum absolute atomic E-state index is 13.1. The maximum Gasteiger partial charge on any atom is 0.248 e. The van der Waals surface area contributed by atoms with Crippen LogP contribution in [-0.2, 0) is 16.1 Å². The van der Waals surface area contributed by atoms with Crippen LogP contribution < -0.4 is 15.0 Å². The Labute approximate surface area is 177 Å². The molecule has 1 saturated heterocycles. The van der Waals surface area contributed by atoms with Gasteiger partial charge in [-0.2, -0.15) is 0 Å². The molecule has 3 rings (SSSR count). The van der Waals surface area contributed by atoms with Crippen LogP contribution in [0.1, 0.15) is 12.5 Å². The number of methoxy groups -OCH3 is 1. The molecular formula is C23H30FN3O3. The molecule has 0 saturated carbocycles. The van der Waals surface area contributed by atoms with Gasteiger partial charge in [-0.3, -0.25) is 9.69 Å². The van der Waals surface area contributed by atoms with Gasteiger partial charge in [0.05, 0.1) is 13.7 Å². The zero-order valence-corrected chi connectivity index (χ0v) is 17.6. The zero-order valence-electron chi connectivity index (χ0n) is 17.6. The van der Waals surface area contributed by atoms with E-state index >= 15 is 0 Å². The number of benzene rings is 2. The lowest BCUT2D eigenvalue weighted by atomic mass is 10.2. The second-order valence-corrected chi connectivity index (χ2v) is 7.40. The zero-order chi connectivity index (χ0) is 21.3. The van der Waals surface area contributed by atoms with E-state index in [9.17, 15) is 9.18 Å². The highest BCUT2D eigenvalue weighted by molar-refractivity contribution is 5.80. The minimum absolute atomic E-state index is 0.108. The van der Waals surface area contributed by atoms with Crippen molar-refractivity contribution >= 4 is 11.6 Å². The molecule has 162 valence electrons. The highest BCUT2D eigenvalue weighted by Gasteiger charge is 2.18. The molecule has 7 heteroatoms. The average Bonchev–Trinajstić information content (AvgIpc) is 2.78. The summed E-state index contributed by atoms with van der Waals surface area (Å²) in [6.07, 6.45) is -0.522. The van der Waals surface area contributed by atoms with Crippen molar-refractivity contribution in [3.8, 4) is 5.75 Å². The average molecular weight is 416 g/mol. The standard InChI is InChI=1S/C23H30FN3O3/c1-18(30-17-19-4-3-5-22(16-19)29-2)23(28)25-10-11-26-12-14-27(15-13-26)21-8-6-20(24)7-9-21/h3-9,16,18H,10-15,17H2,1-2H3,(H,25,28). The highest BCUT2D eigenvalue weighted by Crippen LogP contribution is 2.17. The molecule has 0 spiro atoms. The Morgan fingerprint density at radius 1 is 1.13 bits per heavy atom. The maximum atomic E-state index is 13.1. The van der Waals surface area contributed by atoms with Crippen LogP contribution in [0.4, 0.5) is 10.1 Å². The topological polar surface area (TPSA) is 54.0 Å². The second kappa shape index (κ2) is 10.9. The SMILES string of the molecule is COc1cccc(COC(C)C(=O)NCCN2CCN(c3ccc(F)cc3)CC2)c1. The molecule has 0 aromatic heterocycles. The first-order chi connectivity index (χ1) is 14.5. The summed E-state index contributed by atoms with van der Waals surface area (Å²) in [7, 11) is 1.62. The molecule has 1 atom stereocenters. The number of nitrogens with one attached hydrogen (secondary N) is 1. The Hall–Kier alpha value is -2.64. The Balaban J connectivity index is 1.33. The number of anilines is 1. The molecule has 2 aromatic carbocycles. The molecule has 1 unspecified atom stereocenters. The van der Waals surface area contributed by atoms with Crippen molar-refractivity contribution in [2.75, 3.05) is 51.3 Å². The van der Waals surface area contributed by atoms with Gasteiger partial charge in [0.1, 0.15) is 17.7 Å². The number of hydrogen-bond acceptors (Lipinski definition) is 5. The Kier molecular flexibility index (Phi) is 8.04. The third-order valence-corrected chi connectivity index (χ3v) is 5.29. The third-order valence-electron chi connectivity index (χ3n) is 5.29. The van der Waals surface area contributed by atoms with Gasteiger partial charge in [-0.15, -0.1) is 0 Å². The van der Waals surface area contributed by atoms with Gasteiger partial charge in [-0.05, 0) is 48.9 Å². The quantitative estimate of drug-likeness (QED) is 0.683. The number of piperazine rings is 1. The first-order valence-corrected chi connectivity index (χ1v) is 10.3. The molecule has 0 aliphatic carbocycles. The van der Waals surface area contributed by atoms with Gasteiger partial charge >= 0.3 is 0 Å². The van der Waals surface area contributed by atoms with E-state index in [0.29, 0.717) is 13.2 Å². The summed E-state index contributed by atoms with van der Waals surface area (Å²) in [5.74, 6) is 0.449. The van der Waals surface area contributed by atoms with Crippen molar-refractivity contribution in [1.82, 2.24) is 10.2 Å². The number of amides is 1. The first-order valence-electron chi connectivity index (χ1n) is 10.3. The molecule has 1 fully saturated rings. The van der Waals surface area contributed by atoms with Crippen LogP contribution >= 0.6 is 0 Å². The number of halogens is 1. The number of nitrogens with zero attached hydrogens (tertiary/aromatic N) is 2. The van der Waals surface area contributed by atoms with Crippen molar-refractivity contribution in [3.63, 3.8) is 0 Å². The van der Waals surface area contributed by atoms with E-state index in [2.05, 4.69) is 15.1 Å². The van der Waals surface area contributed by atoms with Gasteiger partial charge < -0.3 is 19.7 Å². The highest BCUT2D eigenvalue weighted by atomic mass is 19.1. The van der Waals surface area contributed by atoms with Crippen molar-refractivity contribution < 1.29 is 18.7 Å². The monoisotopic (exact) mass is 415 g/mol. The molecule has 1 aliphatic rings. The van der Waals surface area contributed by atoms with Crippen LogP contribution in [0.2, 0.25) is 0 Å². The van der Waals surface area contributed by atoms with Gasteiger partial charge in [0.2, 0.25) is 5.91 Å². The molecule has 2 aromatic rings. The molecule has 0 bridgehead atoms. The summed E-state index contributed by atoms with van der Waals surface area (Å²) >= 11 is 0. The molecule has 30 heavy (non-hydrogen) atoms. The normalized spacial score (nSPS) is 15.6. The van der Waals surface area contributed by atoms with Gasteiger partial charge in [-0.25, -0.2) is 4.39 Å². The van der Waals surface area contributed by atoms with E-state index in [1.807, 2.05) is 36.4 Å². The second-order valence-electron chi connectivity index (χ2n) is 7.40. The fourth-order valence-electron chi connectivity index (χ4n) is 3.42. The van der Waals surface area contributed by atoms with Crippen molar-refractivity contribution in [3.05, 3.63) is 59.9 Å². The van der Waals surface area contributed by atoms with E-state index in [-0.39, 0.29) is 11.7 Å². The summed E-state index contributed by atoms with van der Waals surface area (Å²) in [6.45, 7) is 7.10. The Morgan fingerprint density at radius 3 is 2.57 bits per heavy atom. The van der Waals surface area contributed by atoms with Crippen LogP contribution in [0.5, 0.6) is 5.75 Å². The van der Waals surface area contributed by atoms with Gasteiger partial charge in [-0.1, -0.05) is 12.1 Å². The van der Waals surface area contributed by atoms with Gasteiger partial charge in [0.25, 0.3) is 0 Å². The van der Waals surface area contributed by atoms with E-state index in [1.54, 1.807) is 14.0 Å². The molecule has 1 aliphatic heterocycles. The summed E-state index contributed by atoms with van der Waals surface area (Å²) in [6, 6.07) is 14.2. The number of carbonyl (C=O) groups is 1. The Bertz CT molecular complexity index is 808. The predicted molar refractivity (Wildman–Crippen MR) is 115 cm³/mol. The van der Waals surface area contributed by atoms with Crippen LogP contribution in [0.15, 0.2) is 48.5 Å². The number of ether oxygens (including phenoxy) is 2. The predicted octanol–water partition coefficient (Wildman–Crippen LogP) is 2.68. The van der Waals surface area contributed by atoms with E-state index in [1.165, 1.54) is 12.1 Å². The molecule has 0 radical (unpaired) electrons. The fourth-order valence-corrected chi connectivity index (χ4v) is 3.42. The molecule has 1 N–H and O–H groups in total. The van der Waals surface area contributed by atoms with Crippen molar-refractivity contribution in [2.45, 2.75) is 19.6 Å². The minimum atomic E-state index is -0.522. The van der Waals surface area contributed by atoms with Crippen molar-refractivity contribution in [2.24, 2.45) is 0 Å². The summed E-state index contributed by atoms with van der Waals surface area (Å²) in [5.41, 5.74) is 2.01. The Morgan fingerprint density at radius 2 is 1.87 bits per heavy atom. The third kappa shape index (κ3) is 6.43. The first kappa shape index (κ1) is 22.1. The number of carbonyl (C=O) groups excluding carboxylic acids is 1. The minimum Gasteiger partial charge on any atom is -0.497 e. The number of rotatable bonds is 9. The summed E-state index contributed by atoms with van der Waals surface area (Å²) in [5, 5.41) is 2.95. The largest absolute Gasteiger partial charge is 0.497 e. The van der Waals surface area contributed by atoms with Crippen molar-refractivity contribution in [1.29, 1.82) is 0 Å². The summed E-state index contributed by atoms with van der Waals surface area (Å²) < 4.78 is 24.0. The van der Waals surface area contributed by atoms with E-state index < -0.39 is 6.10 Å². The lowest BCUT2D eigenvalue weighted by Crippen LogP contribution is -2.49. The van der Waals surface area contributed by atoms with Crippen LogP contribution in [0.25, 0.3) is 0 Å². The van der Waals surface area contributed by atoms with Gasteiger partial charge in [0.15, 0.2) is 0 Å². The summed E-state index contributed by atoms with van der Waals surface area (Å²) in [4.78, 5) is 16.8. The molecule has 1 heterocycles. The van der Waals surface area contributed by atoms with Crippen LogP contribution in [-0.4, -0.2) is 63.3 Å². The lowest BCUT2D eigenvalue weighted by Gasteiger charge is -2.36. The smallest absolute Gasteiger partial charge is 0.248 e. The van der Waals surface area contributed by atoms with E-state index in [4.69, 9.17) is 9.47 Å².